The van der Waals surface area contributed by atoms with Gasteiger partial charge in [0.25, 0.3) is 0 Å². The maximum absolute atomic E-state index is 13.9. The summed E-state index contributed by atoms with van der Waals surface area (Å²) < 4.78 is 0. The minimum atomic E-state index is -1.67. The number of benzene rings is 2. The summed E-state index contributed by atoms with van der Waals surface area (Å²) in [5.74, 6) is -0.461. The zero-order valence-electron chi connectivity index (χ0n) is 22.2. The fraction of sp³-hybridized carbons (Fsp3) is 0.448. The predicted molar refractivity (Wildman–Crippen MR) is 146 cm³/mol. The third kappa shape index (κ3) is 6.28. The van der Waals surface area contributed by atoms with Crippen LogP contribution in [0.4, 0.5) is 16.2 Å². The van der Waals surface area contributed by atoms with Crippen LogP contribution in [0.3, 0.4) is 0 Å². The lowest BCUT2D eigenvalue weighted by Gasteiger charge is -2.28. The van der Waals surface area contributed by atoms with E-state index in [1.54, 1.807) is 12.1 Å². The Hall–Kier alpha value is -3.56. The number of hydrogen-bond acceptors (Lipinski definition) is 6. The van der Waals surface area contributed by atoms with Crippen molar-refractivity contribution in [3.63, 3.8) is 0 Å². The van der Waals surface area contributed by atoms with Gasteiger partial charge in [0.1, 0.15) is 6.54 Å². The first-order valence-electron chi connectivity index (χ1n) is 13.1. The van der Waals surface area contributed by atoms with Crippen LogP contribution in [-0.4, -0.2) is 51.7 Å². The van der Waals surface area contributed by atoms with Crippen molar-refractivity contribution in [1.29, 1.82) is 0 Å². The number of fused-ring (bicyclic) bond motifs is 1. The van der Waals surface area contributed by atoms with E-state index >= 15 is 0 Å². The number of nitrogens with one attached hydrogen (secondary N) is 1. The van der Waals surface area contributed by atoms with E-state index in [4.69, 9.17) is 5.10 Å². The molecule has 0 atom stereocenters. The van der Waals surface area contributed by atoms with Crippen molar-refractivity contribution in [2.75, 3.05) is 23.3 Å². The van der Waals surface area contributed by atoms with Gasteiger partial charge in [0.2, 0.25) is 5.91 Å². The second-order valence-corrected chi connectivity index (χ2v) is 11.0. The molecule has 0 bridgehead atoms. The summed E-state index contributed by atoms with van der Waals surface area (Å²) >= 11 is 0. The van der Waals surface area contributed by atoms with E-state index in [2.05, 4.69) is 5.32 Å². The van der Waals surface area contributed by atoms with Gasteiger partial charge < -0.3 is 15.5 Å². The van der Waals surface area contributed by atoms with Gasteiger partial charge in [0, 0.05) is 28.1 Å². The number of Topliss-reactive ketones (excluding diaryl/α,β-unsaturated/α-hetero) is 1. The smallest absolute Gasteiger partial charge is 0.345 e. The first kappa shape index (κ1) is 27.5. The van der Waals surface area contributed by atoms with Gasteiger partial charge in [-0.1, -0.05) is 70.4 Å². The van der Waals surface area contributed by atoms with Gasteiger partial charge in [-0.25, -0.2) is 9.80 Å². The van der Waals surface area contributed by atoms with Crippen LogP contribution in [0.25, 0.3) is 0 Å². The number of rotatable bonds is 7. The Morgan fingerprint density at radius 2 is 1.74 bits per heavy atom. The lowest BCUT2D eigenvalue weighted by atomic mass is 9.83. The molecule has 1 heterocycles. The molecule has 38 heavy (non-hydrogen) atoms. The van der Waals surface area contributed by atoms with Crippen LogP contribution in [0.5, 0.6) is 0 Å². The van der Waals surface area contributed by atoms with Gasteiger partial charge in [-0.3, -0.25) is 14.5 Å². The lowest BCUT2D eigenvalue weighted by molar-refractivity contribution is -0.124. The molecule has 0 aromatic heterocycles. The molecule has 9 nitrogen and oxygen atoms in total. The van der Waals surface area contributed by atoms with E-state index in [0.717, 1.165) is 48.4 Å². The highest BCUT2D eigenvalue weighted by molar-refractivity contribution is 6.13. The molecule has 0 saturated heterocycles. The fourth-order valence-corrected chi connectivity index (χ4v) is 4.82. The second kappa shape index (κ2) is 11.4. The number of urea groups is 1. The van der Waals surface area contributed by atoms with Crippen molar-refractivity contribution < 1.29 is 24.6 Å². The van der Waals surface area contributed by atoms with Gasteiger partial charge >= 0.3 is 6.03 Å². The van der Waals surface area contributed by atoms with Crippen molar-refractivity contribution >= 4 is 34.8 Å². The molecule has 1 aliphatic heterocycles. The highest BCUT2D eigenvalue weighted by Crippen LogP contribution is 2.34. The highest BCUT2D eigenvalue weighted by atomic mass is 16.5. The van der Waals surface area contributed by atoms with Crippen LogP contribution in [0.2, 0.25) is 0 Å². The standard InChI is InChI=1S/C29H36N4O5/c1-29(2,3)24(34)17-32-23-15-8-7-14-22(23)26(19-10-5-4-6-11-19)31-33(28(32)38)18-25(35)30-21-13-9-12-20(16-21)27(36)37/h7-9,12-16,19,27,36-37H,4-6,10-11,17-18H2,1-3H3,(H,30,35). The average molecular weight is 521 g/mol. The highest BCUT2D eigenvalue weighted by Gasteiger charge is 2.36. The van der Waals surface area contributed by atoms with Crippen LogP contribution in [0, 0.1) is 11.3 Å². The van der Waals surface area contributed by atoms with Gasteiger partial charge in [0.15, 0.2) is 12.1 Å². The molecule has 9 heteroatoms. The minimum Gasteiger partial charge on any atom is -0.364 e. The Bertz CT molecular complexity index is 1230. The molecule has 2 aromatic carbocycles. The number of nitrogens with zero attached hydrogens (tertiary/aromatic N) is 3. The molecule has 202 valence electrons. The summed E-state index contributed by atoms with van der Waals surface area (Å²) in [7, 11) is 0. The molecule has 3 amide bonds. The Labute approximate surface area is 223 Å². The van der Waals surface area contributed by atoms with E-state index in [1.165, 1.54) is 17.0 Å². The van der Waals surface area contributed by atoms with Gasteiger partial charge in [-0.2, -0.15) is 5.10 Å². The number of para-hydroxylation sites is 1. The molecular formula is C29H36N4O5. The molecule has 2 aromatic rings. The molecule has 1 saturated carbocycles. The molecular weight excluding hydrogens is 484 g/mol. The Morgan fingerprint density at radius 1 is 1.03 bits per heavy atom. The average Bonchev–Trinajstić information content (AvgIpc) is 2.99. The maximum atomic E-state index is 13.9. The number of carbonyl (C=O) groups excluding carboxylic acids is 3. The zero-order valence-corrected chi connectivity index (χ0v) is 22.2. The number of aliphatic hydroxyl groups is 2. The summed E-state index contributed by atoms with van der Waals surface area (Å²) in [6, 6.07) is 13.1. The first-order valence-corrected chi connectivity index (χ1v) is 13.1. The molecule has 1 fully saturated rings. The number of hydrazone groups is 1. The fourth-order valence-electron chi connectivity index (χ4n) is 4.82. The Morgan fingerprint density at radius 3 is 2.42 bits per heavy atom. The molecule has 0 spiro atoms. The van der Waals surface area contributed by atoms with Crippen molar-refractivity contribution in [2.24, 2.45) is 16.4 Å². The number of ketones is 1. The summed E-state index contributed by atoms with van der Waals surface area (Å²) in [5.41, 5.74) is 2.13. The van der Waals surface area contributed by atoms with Crippen LogP contribution in [0.1, 0.15) is 70.3 Å². The van der Waals surface area contributed by atoms with Crippen LogP contribution < -0.4 is 10.2 Å². The normalized spacial score (nSPS) is 16.7. The van der Waals surface area contributed by atoms with Crippen LogP contribution >= 0.6 is 0 Å². The summed E-state index contributed by atoms with van der Waals surface area (Å²) in [4.78, 5) is 41.5. The second-order valence-electron chi connectivity index (χ2n) is 11.0. The van der Waals surface area contributed by atoms with Gasteiger partial charge in [0.05, 0.1) is 17.9 Å². The molecule has 0 radical (unpaired) electrons. The van der Waals surface area contributed by atoms with Crippen LogP contribution in [0.15, 0.2) is 53.6 Å². The molecule has 0 unspecified atom stereocenters. The predicted octanol–water partition coefficient (Wildman–Crippen LogP) is 4.45. The lowest BCUT2D eigenvalue weighted by Crippen LogP contribution is -2.47. The molecule has 1 aliphatic carbocycles. The number of amides is 3. The van der Waals surface area contributed by atoms with Crippen molar-refractivity contribution in [1.82, 2.24) is 5.01 Å². The Balaban J connectivity index is 1.69. The minimum absolute atomic E-state index is 0.106. The van der Waals surface area contributed by atoms with E-state index in [0.29, 0.717) is 11.4 Å². The number of hydrogen-bond donors (Lipinski definition) is 3. The number of aliphatic hydroxyl groups excluding tert-OH is 1. The topological polar surface area (TPSA) is 123 Å². The number of anilines is 2. The first-order chi connectivity index (χ1) is 18.0. The summed E-state index contributed by atoms with van der Waals surface area (Å²) in [6.45, 7) is 4.94. The zero-order chi connectivity index (χ0) is 27.4. The van der Waals surface area contributed by atoms with E-state index < -0.39 is 23.6 Å². The SMILES string of the molecule is CC(C)(C)C(=O)CN1C(=O)N(CC(=O)Nc2cccc(C(O)O)c2)N=C(C2CCCCC2)c2ccccc21. The van der Waals surface area contributed by atoms with E-state index in [1.807, 2.05) is 45.0 Å². The van der Waals surface area contributed by atoms with E-state index in [-0.39, 0.29) is 30.4 Å². The monoisotopic (exact) mass is 520 g/mol. The molecule has 2 aliphatic rings. The molecule has 3 N–H and O–H groups in total. The van der Waals surface area contributed by atoms with Crippen molar-refractivity contribution in [3.8, 4) is 0 Å². The van der Waals surface area contributed by atoms with Crippen molar-refractivity contribution in [2.45, 2.75) is 59.2 Å². The summed E-state index contributed by atoms with van der Waals surface area (Å²) in [5, 5.41) is 27.5. The summed E-state index contributed by atoms with van der Waals surface area (Å²) in [6.07, 6.45) is 3.51. The van der Waals surface area contributed by atoms with Crippen LogP contribution in [-0.2, 0) is 9.59 Å². The quantitative estimate of drug-likeness (QED) is 0.466. The van der Waals surface area contributed by atoms with E-state index in [9.17, 15) is 24.6 Å². The molecule has 4 rings (SSSR count). The van der Waals surface area contributed by atoms with Gasteiger partial charge in [-0.15, -0.1) is 0 Å². The maximum Gasteiger partial charge on any atom is 0.345 e. The largest absolute Gasteiger partial charge is 0.364 e. The van der Waals surface area contributed by atoms with Gasteiger partial charge in [-0.05, 0) is 31.0 Å². The third-order valence-corrected chi connectivity index (χ3v) is 7.04. The number of carbonyl (C=O) groups is 3. The van der Waals surface area contributed by atoms with Crippen molar-refractivity contribution in [3.05, 3.63) is 59.7 Å². The Kier molecular flexibility index (Phi) is 8.28. The third-order valence-electron chi connectivity index (χ3n) is 7.04.